The van der Waals surface area contributed by atoms with Gasteiger partial charge in [-0.25, -0.2) is 4.79 Å². The summed E-state index contributed by atoms with van der Waals surface area (Å²) in [5, 5.41) is 4.23. The number of fused-ring (bicyclic) bond motifs is 3. The second-order valence-electron chi connectivity index (χ2n) is 6.36. The first-order valence-corrected chi connectivity index (χ1v) is 8.36. The molecule has 0 unspecified atom stereocenters. The molecule has 0 saturated carbocycles. The molecule has 3 aromatic rings. The van der Waals surface area contributed by atoms with Crippen molar-refractivity contribution < 1.29 is 9.21 Å². The van der Waals surface area contributed by atoms with Crippen LogP contribution in [0.3, 0.4) is 0 Å². The summed E-state index contributed by atoms with van der Waals surface area (Å²) in [5.74, 6) is 0.371. The van der Waals surface area contributed by atoms with Crippen LogP contribution in [-0.2, 0) is 6.54 Å². The summed E-state index contributed by atoms with van der Waals surface area (Å²) in [4.78, 5) is 24.8. The normalized spacial score (nSPS) is 11.5. The number of amides is 1. The number of rotatable bonds is 5. The van der Waals surface area contributed by atoms with Gasteiger partial charge in [0, 0.05) is 18.5 Å². The van der Waals surface area contributed by atoms with Gasteiger partial charge in [0.1, 0.15) is 11.3 Å². The SMILES string of the molecule is CCn1c(C(=O)NCCC(C)C)cc2c(=O)oc3ccccc3c21. The number of para-hydroxylation sites is 1. The fraction of sp³-hybridized carbons (Fsp3) is 0.368. The Hall–Kier alpha value is -2.56. The predicted molar refractivity (Wildman–Crippen MR) is 95.4 cm³/mol. The Kier molecular flexibility index (Phi) is 4.42. The summed E-state index contributed by atoms with van der Waals surface area (Å²) in [5.41, 5.74) is 1.39. The smallest absolute Gasteiger partial charge is 0.345 e. The quantitative estimate of drug-likeness (QED) is 0.729. The molecule has 2 heterocycles. The summed E-state index contributed by atoms with van der Waals surface area (Å²) in [6, 6.07) is 9.05. The van der Waals surface area contributed by atoms with Crippen molar-refractivity contribution in [2.24, 2.45) is 5.92 Å². The van der Waals surface area contributed by atoms with E-state index >= 15 is 0 Å². The molecule has 0 bridgehead atoms. The Balaban J connectivity index is 2.13. The third-order valence-electron chi connectivity index (χ3n) is 4.22. The Morgan fingerprint density at radius 1 is 1.25 bits per heavy atom. The highest BCUT2D eigenvalue weighted by molar-refractivity contribution is 6.07. The van der Waals surface area contributed by atoms with Crippen LogP contribution in [0.15, 0.2) is 39.5 Å². The van der Waals surface area contributed by atoms with Crippen molar-refractivity contribution in [1.29, 1.82) is 0 Å². The van der Waals surface area contributed by atoms with E-state index in [0.29, 0.717) is 35.7 Å². The van der Waals surface area contributed by atoms with E-state index in [1.54, 1.807) is 12.1 Å². The number of aromatic nitrogens is 1. The first-order valence-electron chi connectivity index (χ1n) is 8.36. The van der Waals surface area contributed by atoms with Crippen LogP contribution in [0.4, 0.5) is 0 Å². The molecule has 1 amide bonds. The van der Waals surface area contributed by atoms with E-state index in [-0.39, 0.29) is 5.91 Å². The molecule has 0 aliphatic heterocycles. The number of carbonyl (C=O) groups excluding carboxylic acids is 1. The maximum Gasteiger partial charge on any atom is 0.345 e. The van der Waals surface area contributed by atoms with Crippen LogP contribution >= 0.6 is 0 Å². The van der Waals surface area contributed by atoms with E-state index in [4.69, 9.17) is 4.42 Å². The molecule has 0 fully saturated rings. The molecule has 5 heteroatoms. The molecule has 5 nitrogen and oxygen atoms in total. The Morgan fingerprint density at radius 2 is 2.00 bits per heavy atom. The minimum Gasteiger partial charge on any atom is -0.422 e. The summed E-state index contributed by atoms with van der Waals surface area (Å²) < 4.78 is 7.27. The van der Waals surface area contributed by atoms with Gasteiger partial charge in [0.05, 0.1) is 10.9 Å². The van der Waals surface area contributed by atoms with E-state index in [0.717, 1.165) is 17.3 Å². The van der Waals surface area contributed by atoms with Crippen molar-refractivity contribution in [2.45, 2.75) is 33.7 Å². The van der Waals surface area contributed by atoms with Gasteiger partial charge in [-0.3, -0.25) is 4.79 Å². The lowest BCUT2D eigenvalue weighted by Gasteiger charge is -2.10. The number of nitrogens with zero attached hydrogens (tertiary/aromatic N) is 1. The minimum absolute atomic E-state index is 0.155. The highest BCUT2D eigenvalue weighted by Crippen LogP contribution is 2.26. The minimum atomic E-state index is -0.410. The van der Waals surface area contributed by atoms with E-state index in [2.05, 4.69) is 19.2 Å². The van der Waals surface area contributed by atoms with Gasteiger partial charge in [-0.05, 0) is 37.5 Å². The third kappa shape index (κ3) is 2.82. The monoisotopic (exact) mass is 326 g/mol. The van der Waals surface area contributed by atoms with Crippen LogP contribution in [0.5, 0.6) is 0 Å². The zero-order chi connectivity index (χ0) is 17.3. The van der Waals surface area contributed by atoms with E-state index < -0.39 is 5.63 Å². The molecule has 0 radical (unpaired) electrons. The summed E-state index contributed by atoms with van der Waals surface area (Å²) in [6.45, 7) is 7.42. The number of nitrogens with one attached hydrogen (secondary N) is 1. The zero-order valence-corrected chi connectivity index (χ0v) is 14.3. The lowest BCUT2D eigenvalue weighted by Crippen LogP contribution is -2.27. The van der Waals surface area contributed by atoms with Crippen molar-refractivity contribution in [3.63, 3.8) is 0 Å². The Bertz CT molecular complexity index is 950. The Labute approximate surface area is 140 Å². The van der Waals surface area contributed by atoms with Crippen LogP contribution in [0.2, 0.25) is 0 Å². The van der Waals surface area contributed by atoms with Crippen molar-refractivity contribution in [2.75, 3.05) is 6.54 Å². The predicted octanol–water partition coefficient (Wildman–Crippen LogP) is 3.54. The number of hydrogen-bond donors (Lipinski definition) is 1. The standard InChI is InChI=1S/C19H22N2O3/c1-4-21-15(18(22)20-10-9-12(2)3)11-14-17(21)13-7-5-6-8-16(13)24-19(14)23/h5-8,11-12H,4,9-10H2,1-3H3,(H,20,22). The topological polar surface area (TPSA) is 64.2 Å². The average Bonchev–Trinajstić information content (AvgIpc) is 2.95. The van der Waals surface area contributed by atoms with Crippen molar-refractivity contribution in [1.82, 2.24) is 9.88 Å². The lowest BCUT2D eigenvalue weighted by molar-refractivity contribution is 0.0943. The van der Waals surface area contributed by atoms with E-state index in [1.807, 2.05) is 29.7 Å². The van der Waals surface area contributed by atoms with Crippen LogP contribution in [-0.4, -0.2) is 17.0 Å². The molecule has 126 valence electrons. The molecule has 0 atom stereocenters. The van der Waals surface area contributed by atoms with Gasteiger partial charge in [0.15, 0.2) is 0 Å². The summed E-state index contributed by atoms with van der Waals surface area (Å²) in [7, 11) is 0. The second kappa shape index (κ2) is 6.51. The molecular formula is C19H22N2O3. The molecule has 1 N–H and O–H groups in total. The average molecular weight is 326 g/mol. The molecule has 0 saturated heterocycles. The molecule has 0 aliphatic carbocycles. The van der Waals surface area contributed by atoms with Gasteiger partial charge in [0.2, 0.25) is 0 Å². The molecule has 0 aliphatic rings. The van der Waals surface area contributed by atoms with Crippen LogP contribution < -0.4 is 10.9 Å². The molecule has 2 aromatic heterocycles. The van der Waals surface area contributed by atoms with Gasteiger partial charge in [0.25, 0.3) is 5.91 Å². The maximum absolute atomic E-state index is 12.6. The molecule has 0 spiro atoms. The van der Waals surface area contributed by atoms with Crippen LogP contribution in [0.25, 0.3) is 21.9 Å². The number of benzene rings is 1. The highest BCUT2D eigenvalue weighted by atomic mass is 16.4. The maximum atomic E-state index is 12.6. The number of hydrogen-bond acceptors (Lipinski definition) is 3. The number of aryl methyl sites for hydroxylation is 1. The van der Waals surface area contributed by atoms with Crippen LogP contribution in [0.1, 0.15) is 37.7 Å². The van der Waals surface area contributed by atoms with E-state index in [1.165, 1.54) is 0 Å². The third-order valence-corrected chi connectivity index (χ3v) is 4.22. The zero-order valence-electron chi connectivity index (χ0n) is 14.3. The van der Waals surface area contributed by atoms with Gasteiger partial charge in [-0.15, -0.1) is 0 Å². The first kappa shape index (κ1) is 16.3. The fourth-order valence-corrected chi connectivity index (χ4v) is 2.98. The van der Waals surface area contributed by atoms with Gasteiger partial charge in [-0.2, -0.15) is 0 Å². The highest BCUT2D eigenvalue weighted by Gasteiger charge is 2.19. The Morgan fingerprint density at radius 3 is 2.71 bits per heavy atom. The van der Waals surface area contributed by atoms with Crippen molar-refractivity contribution in [3.8, 4) is 0 Å². The molecular weight excluding hydrogens is 304 g/mol. The molecule has 24 heavy (non-hydrogen) atoms. The largest absolute Gasteiger partial charge is 0.422 e. The molecule has 1 aromatic carbocycles. The van der Waals surface area contributed by atoms with Crippen molar-refractivity contribution in [3.05, 3.63) is 46.4 Å². The lowest BCUT2D eigenvalue weighted by atomic mass is 10.1. The second-order valence-corrected chi connectivity index (χ2v) is 6.36. The summed E-state index contributed by atoms with van der Waals surface area (Å²) in [6.07, 6.45) is 0.920. The van der Waals surface area contributed by atoms with Gasteiger partial charge < -0.3 is 14.3 Å². The summed E-state index contributed by atoms with van der Waals surface area (Å²) >= 11 is 0. The van der Waals surface area contributed by atoms with Gasteiger partial charge >= 0.3 is 5.63 Å². The number of carbonyl (C=O) groups is 1. The van der Waals surface area contributed by atoms with Crippen LogP contribution in [0, 0.1) is 5.92 Å². The van der Waals surface area contributed by atoms with E-state index in [9.17, 15) is 9.59 Å². The van der Waals surface area contributed by atoms with Gasteiger partial charge in [-0.1, -0.05) is 26.0 Å². The first-order chi connectivity index (χ1) is 11.5. The van der Waals surface area contributed by atoms with Crippen molar-refractivity contribution >= 4 is 27.8 Å². The molecule has 3 rings (SSSR count). The fourth-order valence-electron chi connectivity index (χ4n) is 2.98.